The van der Waals surface area contributed by atoms with Crippen molar-refractivity contribution in [3.8, 4) is 11.4 Å². The van der Waals surface area contributed by atoms with Gasteiger partial charge in [-0.25, -0.2) is 27.1 Å². The molecule has 4 aromatic rings. The van der Waals surface area contributed by atoms with Crippen LogP contribution >= 0.6 is 0 Å². The molecule has 0 spiro atoms. The highest BCUT2D eigenvalue weighted by Crippen LogP contribution is 2.27. The molecule has 16 heteroatoms. The summed E-state index contributed by atoms with van der Waals surface area (Å²) in [6, 6.07) is 6.58. The summed E-state index contributed by atoms with van der Waals surface area (Å²) in [6.07, 6.45) is 4.20. The number of piperazine rings is 1. The molecule has 0 radical (unpaired) electrons. The number of likely N-dealkylation sites (N-methyl/N-ethyl adjacent to an activating group) is 1. The van der Waals surface area contributed by atoms with Crippen molar-refractivity contribution in [2.75, 3.05) is 55.5 Å². The van der Waals surface area contributed by atoms with Crippen molar-refractivity contribution in [1.82, 2.24) is 33.7 Å². The number of fused-ring (bicyclic) bond motifs is 1. The number of nitrogens with zero attached hydrogens (tertiary/aromatic N) is 7. The summed E-state index contributed by atoms with van der Waals surface area (Å²) in [6.45, 7) is 6.00. The molecule has 13 nitrogen and oxygen atoms in total. The van der Waals surface area contributed by atoms with E-state index >= 15 is 4.39 Å². The minimum absolute atomic E-state index is 0.00444. The van der Waals surface area contributed by atoms with Gasteiger partial charge in [-0.3, -0.25) is 13.6 Å². The van der Waals surface area contributed by atoms with E-state index in [1.165, 1.54) is 23.9 Å². The van der Waals surface area contributed by atoms with Gasteiger partial charge in [0.25, 0.3) is 5.56 Å². The van der Waals surface area contributed by atoms with Crippen LogP contribution in [0.25, 0.3) is 22.4 Å². The van der Waals surface area contributed by atoms with Crippen LogP contribution < -0.4 is 21.1 Å². The zero-order chi connectivity index (χ0) is 32.7. The Morgan fingerprint density at radius 3 is 2.64 bits per heavy atom. The van der Waals surface area contributed by atoms with Crippen molar-refractivity contribution in [2.45, 2.75) is 31.5 Å². The number of hydrogen-bond donors (Lipinski definition) is 2. The number of rotatable bonds is 10. The molecule has 3 aromatic heterocycles. The lowest BCUT2D eigenvalue weighted by Crippen LogP contribution is -2.50. The minimum atomic E-state index is -3.52. The molecule has 0 amide bonds. The third-order valence-corrected chi connectivity index (χ3v) is 11.2. The number of aromatic nitrogens is 5. The van der Waals surface area contributed by atoms with Crippen LogP contribution in [0.3, 0.4) is 0 Å². The van der Waals surface area contributed by atoms with Crippen LogP contribution in [0.2, 0.25) is 0 Å². The summed E-state index contributed by atoms with van der Waals surface area (Å²) in [5.74, 6) is 4.11. The summed E-state index contributed by atoms with van der Waals surface area (Å²) in [5, 5.41) is 7.10. The SMILES string of the molecule is C=S(=O)(CC)c1cn(C)c(-c2cc3cnc(Nc4ccc(N5CCNCC5C)c(F)c4)nc3n(CCN(C)S(C)(=O)=O)c2=O)n1. The van der Waals surface area contributed by atoms with Gasteiger partial charge in [0.2, 0.25) is 16.0 Å². The Morgan fingerprint density at radius 2 is 1.98 bits per heavy atom. The van der Waals surface area contributed by atoms with E-state index in [9.17, 15) is 17.4 Å². The highest BCUT2D eigenvalue weighted by Gasteiger charge is 2.23. The third-order valence-electron chi connectivity index (χ3n) is 7.99. The average molecular weight is 660 g/mol. The topological polar surface area (TPSA) is 147 Å². The van der Waals surface area contributed by atoms with E-state index in [-0.39, 0.29) is 58.7 Å². The normalized spacial score (nSPS) is 17.1. The first-order valence-corrected chi connectivity index (χ1v) is 18.2. The second-order valence-corrected chi connectivity index (χ2v) is 15.9. The summed E-state index contributed by atoms with van der Waals surface area (Å²) < 4.78 is 56.5. The van der Waals surface area contributed by atoms with Crippen LogP contribution in [0, 0.1) is 5.82 Å². The summed E-state index contributed by atoms with van der Waals surface area (Å²) in [7, 11) is -3.04. The van der Waals surface area contributed by atoms with Crippen molar-refractivity contribution in [3.63, 3.8) is 0 Å². The fourth-order valence-corrected chi connectivity index (χ4v) is 6.47. The number of sulfonamides is 1. The van der Waals surface area contributed by atoms with Gasteiger partial charge in [0.05, 0.1) is 17.5 Å². The molecule has 242 valence electrons. The lowest BCUT2D eigenvalue weighted by Gasteiger charge is -2.36. The second kappa shape index (κ2) is 12.5. The number of nitrogens with one attached hydrogen (secondary N) is 2. The maximum atomic E-state index is 15.2. The second-order valence-electron chi connectivity index (χ2n) is 11.2. The Kier molecular flexibility index (Phi) is 9.04. The van der Waals surface area contributed by atoms with Crippen molar-refractivity contribution in [1.29, 1.82) is 0 Å². The molecule has 4 heterocycles. The largest absolute Gasteiger partial charge is 0.364 e. The van der Waals surface area contributed by atoms with Gasteiger partial charge >= 0.3 is 0 Å². The molecule has 2 unspecified atom stereocenters. The van der Waals surface area contributed by atoms with Gasteiger partial charge in [-0.2, -0.15) is 4.98 Å². The molecule has 0 bridgehead atoms. The summed E-state index contributed by atoms with van der Waals surface area (Å²) in [5.41, 5.74) is 0.916. The Bertz CT molecular complexity index is 2030. The highest BCUT2D eigenvalue weighted by molar-refractivity contribution is 8.00. The van der Waals surface area contributed by atoms with Crippen LogP contribution in [-0.2, 0) is 33.1 Å². The first kappa shape index (κ1) is 32.5. The Labute approximate surface area is 262 Å². The third kappa shape index (κ3) is 6.73. The van der Waals surface area contributed by atoms with Crippen LogP contribution in [0.5, 0.6) is 0 Å². The Balaban J connectivity index is 1.55. The Hall–Kier alpha value is -3.86. The van der Waals surface area contributed by atoms with Gasteiger partial charge in [-0.1, -0.05) is 6.92 Å². The molecule has 1 aromatic carbocycles. The molecule has 2 N–H and O–H groups in total. The zero-order valence-corrected chi connectivity index (χ0v) is 27.6. The lowest BCUT2D eigenvalue weighted by molar-refractivity contribution is 0.449. The fourth-order valence-electron chi connectivity index (χ4n) is 5.16. The number of benzene rings is 1. The van der Waals surface area contributed by atoms with E-state index < -0.39 is 25.1 Å². The van der Waals surface area contributed by atoms with Crippen molar-refractivity contribution in [3.05, 3.63) is 52.8 Å². The quantitative estimate of drug-likeness (QED) is 0.242. The van der Waals surface area contributed by atoms with E-state index in [1.54, 1.807) is 42.9 Å². The minimum Gasteiger partial charge on any atom is -0.364 e. The average Bonchev–Trinajstić information content (AvgIpc) is 3.38. The first-order valence-electron chi connectivity index (χ1n) is 14.4. The lowest BCUT2D eigenvalue weighted by atomic mass is 10.1. The van der Waals surface area contributed by atoms with Gasteiger partial charge in [-0.15, -0.1) is 0 Å². The van der Waals surface area contributed by atoms with E-state index in [4.69, 9.17) is 0 Å². The molecule has 45 heavy (non-hydrogen) atoms. The number of anilines is 3. The molecular weight excluding hydrogens is 622 g/mol. The maximum Gasteiger partial charge on any atom is 0.263 e. The van der Waals surface area contributed by atoms with Gasteiger partial charge in [-0.05, 0) is 37.1 Å². The van der Waals surface area contributed by atoms with Gasteiger partial charge in [0.15, 0.2) is 0 Å². The monoisotopic (exact) mass is 659 g/mol. The van der Waals surface area contributed by atoms with Crippen LogP contribution in [0.1, 0.15) is 13.8 Å². The first-order chi connectivity index (χ1) is 21.2. The van der Waals surface area contributed by atoms with Crippen molar-refractivity contribution < 1.29 is 17.0 Å². The van der Waals surface area contributed by atoms with Crippen LogP contribution in [0.15, 0.2) is 46.5 Å². The van der Waals surface area contributed by atoms with Crippen molar-refractivity contribution >= 4 is 53.8 Å². The van der Waals surface area contributed by atoms with Gasteiger partial charge < -0.3 is 20.1 Å². The summed E-state index contributed by atoms with van der Waals surface area (Å²) >= 11 is 0. The number of halogens is 1. The number of aryl methyl sites for hydroxylation is 1. The van der Waals surface area contributed by atoms with Crippen molar-refractivity contribution in [2.24, 2.45) is 7.05 Å². The van der Waals surface area contributed by atoms with E-state index in [0.29, 0.717) is 23.3 Å². The number of hydrogen-bond acceptors (Lipinski definition) is 10. The molecule has 0 saturated carbocycles. The molecule has 1 saturated heterocycles. The Morgan fingerprint density at radius 1 is 1.22 bits per heavy atom. The van der Waals surface area contributed by atoms with Crippen LogP contribution in [-0.4, -0.2) is 98.2 Å². The summed E-state index contributed by atoms with van der Waals surface area (Å²) in [4.78, 5) is 29.5. The zero-order valence-electron chi connectivity index (χ0n) is 25.9. The molecule has 2 atom stereocenters. The van der Waals surface area contributed by atoms with Crippen LogP contribution in [0.4, 0.5) is 21.7 Å². The number of pyridine rings is 1. The molecular formula is C29H38FN9O4S2. The van der Waals surface area contributed by atoms with Gasteiger partial charge in [0.1, 0.15) is 22.3 Å². The maximum absolute atomic E-state index is 15.2. The molecule has 5 rings (SSSR count). The predicted octanol–water partition coefficient (Wildman–Crippen LogP) is 1.86. The molecule has 1 aliphatic heterocycles. The van der Waals surface area contributed by atoms with E-state index in [0.717, 1.165) is 23.7 Å². The number of imidazole rings is 1. The van der Waals surface area contributed by atoms with E-state index in [1.807, 2.05) is 11.8 Å². The fraction of sp³-hybridized carbons (Fsp3) is 0.414. The smallest absolute Gasteiger partial charge is 0.263 e. The highest BCUT2D eigenvalue weighted by atomic mass is 32.2. The molecule has 1 fully saturated rings. The standard InChI is InChI=1S/C29H38FN9O4S2/c1-7-44(5,41)25-18-36(3)27(34-25)22-14-20-17-32-29(35-26(20)39(28(22)40)13-12-37(4)45(6,42)43)33-21-8-9-24(23(30)15-21)38-11-10-31-16-19(38)2/h8-9,14-15,17-19,31H,5,7,10-13,16H2,1-4,6H3,(H,32,33,35). The van der Waals surface area contributed by atoms with E-state index in [2.05, 4.69) is 31.5 Å². The predicted molar refractivity (Wildman–Crippen MR) is 177 cm³/mol. The molecule has 0 aliphatic carbocycles. The van der Waals surface area contributed by atoms with Gasteiger partial charge in [0, 0.05) is 91.6 Å². The molecule has 1 aliphatic rings.